The highest BCUT2D eigenvalue weighted by molar-refractivity contribution is 5.80. The monoisotopic (exact) mass is 240 g/mol. The molecule has 0 aromatic rings. The molecule has 0 aromatic heterocycles. The molecular weight excluding hydrogens is 216 g/mol. The number of amides is 1. The van der Waals surface area contributed by atoms with E-state index in [0.717, 1.165) is 19.5 Å². The molecule has 2 atom stereocenters. The molecule has 0 aromatic carbocycles. The van der Waals surface area contributed by atoms with Crippen molar-refractivity contribution in [1.29, 1.82) is 0 Å². The van der Waals surface area contributed by atoms with Gasteiger partial charge in [0.25, 0.3) is 5.91 Å². The molecule has 4 nitrogen and oxygen atoms in total. The molecule has 0 N–H and O–H groups in total. The van der Waals surface area contributed by atoms with Crippen molar-refractivity contribution in [2.45, 2.75) is 44.8 Å². The molecule has 0 saturated carbocycles. The minimum Gasteiger partial charge on any atom is -0.372 e. The standard InChI is InChI=1S/C13H24N2O2/c1-11(17-2)13(16)15-9-6-12(10-15)14-7-4-3-5-8-14/h11-12H,3-10H2,1-2H3. The number of carbonyl (C=O) groups is 1. The fraction of sp³-hybridized carbons (Fsp3) is 0.923. The molecule has 17 heavy (non-hydrogen) atoms. The Balaban J connectivity index is 1.84. The van der Waals surface area contributed by atoms with Gasteiger partial charge in [0.05, 0.1) is 0 Å². The summed E-state index contributed by atoms with van der Waals surface area (Å²) in [6, 6.07) is 0.586. The Hall–Kier alpha value is -0.610. The number of nitrogens with zero attached hydrogens (tertiary/aromatic N) is 2. The first-order valence-electron chi connectivity index (χ1n) is 6.78. The van der Waals surface area contributed by atoms with E-state index < -0.39 is 0 Å². The van der Waals surface area contributed by atoms with Crippen molar-refractivity contribution in [3.8, 4) is 0 Å². The van der Waals surface area contributed by atoms with Crippen LogP contribution >= 0.6 is 0 Å². The van der Waals surface area contributed by atoms with Crippen LogP contribution in [0.2, 0.25) is 0 Å². The van der Waals surface area contributed by atoms with Gasteiger partial charge in [-0.05, 0) is 39.3 Å². The van der Waals surface area contributed by atoms with E-state index in [9.17, 15) is 4.79 Å². The van der Waals surface area contributed by atoms with E-state index in [1.54, 1.807) is 7.11 Å². The van der Waals surface area contributed by atoms with Gasteiger partial charge in [0, 0.05) is 26.2 Å². The number of ether oxygens (including phenoxy) is 1. The van der Waals surface area contributed by atoms with E-state index in [1.165, 1.54) is 32.4 Å². The van der Waals surface area contributed by atoms with Crippen molar-refractivity contribution in [3.63, 3.8) is 0 Å². The van der Waals surface area contributed by atoms with Crippen LogP contribution in [0, 0.1) is 0 Å². The van der Waals surface area contributed by atoms with Crippen LogP contribution < -0.4 is 0 Å². The second-order valence-electron chi connectivity index (χ2n) is 5.20. The maximum atomic E-state index is 12.0. The number of hydrogen-bond acceptors (Lipinski definition) is 3. The highest BCUT2D eigenvalue weighted by Gasteiger charge is 2.32. The molecule has 2 saturated heterocycles. The maximum absolute atomic E-state index is 12.0. The van der Waals surface area contributed by atoms with E-state index in [4.69, 9.17) is 4.74 Å². The quantitative estimate of drug-likeness (QED) is 0.741. The van der Waals surface area contributed by atoms with E-state index in [0.29, 0.717) is 6.04 Å². The van der Waals surface area contributed by atoms with Crippen molar-refractivity contribution in [2.75, 3.05) is 33.3 Å². The molecule has 0 radical (unpaired) electrons. The Kier molecular flexibility index (Phi) is 4.40. The van der Waals surface area contributed by atoms with Crippen LogP contribution in [0.1, 0.15) is 32.6 Å². The average Bonchev–Trinajstić information content (AvgIpc) is 2.87. The molecule has 2 aliphatic heterocycles. The van der Waals surface area contributed by atoms with Gasteiger partial charge in [-0.2, -0.15) is 0 Å². The predicted molar refractivity (Wildman–Crippen MR) is 66.9 cm³/mol. The lowest BCUT2D eigenvalue weighted by atomic mass is 10.1. The van der Waals surface area contributed by atoms with Gasteiger partial charge in [-0.3, -0.25) is 9.69 Å². The summed E-state index contributed by atoms with van der Waals surface area (Å²) in [6.07, 6.45) is 4.84. The largest absolute Gasteiger partial charge is 0.372 e. The fourth-order valence-electron chi connectivity index (χ4n) is 2.88. The van der Waals surface area contributed by atoms with Crippen molar-refractivity contribution < 1.29 is 9.53 Å². The van der Waals surface area contributed by atoms with E-state index in [2.05, 4.69) is 4.90 Å². The van der Waals surface area contributed by atoms with Crippen LogP contribution in [0.4, 0.5) is 0 Å². The molecule has 0 aliphatic carbocycles. The maximum Gasteiger partial charge on any atom is 0.251 e. The highest BCUT2D eigenvalue weighted by Crippen LogP contribution is 2.20. The summed E-state index contributed by atoms with van der Waals surface area (Å²) >= 11 is 0. The predicted octanol–water partition coefficient (Wildman–Crippen LogP) is 1.11. The Morgan fingerprint density at radius 1 is 1.24 bits per heavy atom. The van der Waals surface area contributed by atoms with Gasteiger partial charge in [0.15, 0.2) is 0 Å². The molecule has 4 heteroatoms. The number of rotatable bonds is 3. The van der Waals surface area contributed by atoms with Gasteiger partial charge in [-0.1, -0.05) is 6.42 Å². The zero-order valence-corrected chi connectivity index (χ0v) is 11.0. The van der Waals surface area contributed by atoms with Crippen LogP contribution in [-0.2, 0) is 9.53 Å². The van der Waals surface area contributed by atoms with Crippen LogP contribution in [0.3, 0.4) is 0 Å². The van der Waals surface area contributed by atoms with Gasteiger partial charge in [0.2, 0.25) is 0 Å². The van der Waals surface area contributed by atoms with E-state index >= 15 is 0 Å². The van der Waals surface area contributed by atoms with Gasteiger partial charge in [-0.25, -0.2) is 0 Å². The molecule has 1 amide bonds. The third-order valence-electron chi connectivity index (χ3n) is 4.08. The van der Waals surface area contributed by atoms with Crippen LogP contribution in [-0.4, -0.2) is 61.1 Å². The third-order valence-corrected chi connectivity index (χ3v) is 4.08. The molecule has 2 unspecified atom stereocenters. The number of methoxy groups -OCH3 is 1. The summed E-state index contributed by atoms with van der Waals surface area (Å²) in [5, 5.41) is 0. The number of piperidine rings is 1. The highest BCUT2D eigenvalue weighted by atomic mass is 16.5. The van der Waals surface area contributed by atoms with Crippen LogP contribution in [0.5, 0.6) is 0 Å². The van der Waals surface area contributed by atoms with Gasteiger partial charge in [0.1, 0.15) is 6.10 Å². The Morgan fingerprint density at radius 2 is 1.94 bits per heavy atom. The summed E-state index contributed by atoms with van der Waals surface area (Å²) < 4.78 is 5.10. The second kappa shape index (κ2) is 5.83. The van der Waals surface area contributed by atoms with Crippen molar-refractivity contribution in [3.05, 3.63) is 0 Å². The summed E-state index contributed by atoms with van der Waals surface area (Å²) in [5.74, 6) is 0.145. The number of likely N-dealkylation sites (tertiary alicyclic amines) is 2. The molecule has 0 spiro atoms. The van der Waals surface area contributed by atoms with Crippen LogP contribution in [0.25, 0.3) is 0 Å². The summed E-state index contributed by atoms with van der Waals surface area (Å²) in [7, 11) is 1.60. The summed E-state index contributed by atoms with van der Waals surface area (Å²) in [6.45, 7) is 6.05. The normalized spacial score (nSPS) is 28.4. The Bertz CT molecular complexity index is 264. The number of carbonyl (C=O) groups excluding carboxylic acids is 1. The molecule has 2 rings (SSSR count). The topological polar surface area (TPSA) is 32.8 Å². The smallest absolute Gasteiger partial charge is 0.251 e. The summed E-state index contributed by atoms with van der Waals surface area (Å²) in [4.78, 5) is 16.5. The lowest BCUT2D eigenvalue weighted by molar-refractivity contribution is -0.140. The van der Waals surface area contributed by atoms with E-state index in [-0.39, 0.29) is 12.0 Å². The molecule has 2 heterocycles. The SMILES string of the molecule is COC(C)C(=O)N1CCC(N2CCCCC2)C1. The lowest BCUT2D eigenvalue weighted by Crippen LogP contribution is -2.43. The molecule has 2 fully saturated rings. The van der Waals surface area contributed by atoms with Crippen molar-refractivity contribution >= 4 is 5.91 Å². The van der Waals surface area contributed by atoms with Crippen molar-refractivity contribution in [1.82, 2.24) is 9.80 Å². The Morgan fingerprint density at radius 3 is 2.59 bits per heavy atom. The first kappa shape index (κ1) is 12.8. The van der Waals surface area contributed by atoms with Crippen LogP contribution in [0.15, 0.2) is 0 Å². The van der Waals surface area contributed by atoms with Gasteiger partial charge >= 0.3 is 0 Å². The third kappa shape index (κ3) is 2.99. The molecule has 98 valence electrons. The number of hydrogen-bond donors (Lipinski definition) is 0. The van der Waals surface area contributed by atoms with E-state index in [1.807, 2.05) is 11.8 Å². The van der Waals surface area contributed by atoms with Gasteiger partial charge < -0.3 is 9.64 Å². The molecule has 0 bridgehead atoms. The minimum absolute atomic E-state index is 0.145. The minimum atomic E-state index is -0.296. The summed E-state index contributed by atoms with van der Waals surface area (Å²) in [5.41, 5.74) is 0. The lowest BCUT2D eigenvalue weighted by Gasteiger charge is -2.32. The Labute approximate surface area is 104 Å². The molecule has 2 aliphatic rings. The van der Waals surface area contributed by atoms with Gasteiger partial charge in [-0.15, -0.1) is 0 Å². The fourth-order valence-corrected chi connectivity index (χ4v) is 2.88. The molecular formula is C13H24N2O2. The first-order valence-corrected chi connectivity index (χ1v) is 6.78. The first-order chi connectivity index (χ1) is 8.22. The van der Waals surface area contributed by atoms with Crippen molar-refractivity contribution in [2.24, 2.45) is 0 Å². The average molecular weight is 240 g/mol. The zero-order valence-electron chi connectivity index (χ0n) is 11.0. The zero-order chi connectivity index (χ0) is 12.3. The second-order valence-corrected chi connectivity index (χ2v) is 5.20.